The van der Waals surface area contributed by atoms with Crippen molar-refractivity contribution in [3.05, 3.63) is 0 Å². The van der Waals surface area contributed by atoms with Crippen LogP contribution in [0.1, 0.15) is 417 Å². The molecule has 20 nitrogen and oxygen atoms in total. The summed E-state index contributed by atoms with van der Waals surface area (Å²) in [6.07, 6.45) is 8.77. The third kappa shape index (κ3) is 30.4. The van der Waals surface area contributed by atoms with Crippen LogP contribution in [0.5, 0.6) is 0 Å². The molecule has 11 heterocycles. The Hall–Kier alpha value is -0.800. The van der Waals surface area contributed by atoms with E-state index >= 15 is 0 Å². The van der Waals surface area contributed by atoms with Gasteiger partial charge in [-0.15, -0.1) is 0 Å². The van der Waals surface area contributed by atoms with Gasteiger partial charge >= 0.3 is 0 Å². The molecule has 11 rings (SSSR count). The summed E-state index contributed by atoms with van der Waals surface area (Å²) in [6.45, 7) is 113. The van der Waals surface area contributed by atoms with Gasteiger partial charge in [0.1, 0.15) is 6.10 Å². The van der Waals surface area contributed by atoms with Crippen LogP contribution in [-0.2, 0) is 85.3 Å². The summed E-state index contributed by atoms with van der Waals surface area (Å²) in [6, 6.07) is 0. The molecule has 0 amide bonds. The average molecular weight is 2090 g/mol. The van der Waals surface area contributed by atoms with Crippen molar-refractivity contribution < 1.29 is 95.5 Å². The maximum absolute atomic E-state index is 11.5. The van der Waals surface area contributed by atoms with Crippen molar-refractivity contribution in [1.29, 1.82) is 0 Å². The second-order valence-corrected chi connectivity index (χ2v) is 53.0. The van der Waals surface area contributed by atoms with Gasteiger partial charge in [-0.05, 0) is 158 Å². The second kappa shape index (κ2) is 59.0. The molecular formula is C127H240O20. The Kier molecular flexibility index (Phi) is 52.7. The van der Waals surface area contributed by atoms with Crippen molar-refractivity contribution in [3.63, 3.8) is 0 Å². The maximum Gasteiger partial charge on any atom is 0.184 e. The molecule has 0 aromatic rings. The van der Waals surface area contributed by atoms with E-state index in [1.807, 2.05) is 0 Å². The van der Waals surface area contributed by atoms with Crippen LogP contribution in [0.3, 0.4) is 0 Å². The zero-order valence-corrected chi connectivity index (χ0v) is 104. The van der Waals surface area contributed by atoms with Gasteiger partial charge in [-0.25, -0.2) is 0 Å². The smallest absolute Gasteiger partial charge is 0.184 e. The van der Waals surface area contributed by atoms with Gasteiger partial charge in [0.25, 0.3) is 0 Å². The maximum atomic E-state index is 11.5. The quantitative estimate of drug-likeness (QED) is 0.0598. The molecular weight excluding hydrogens is 1850 g/mol. The minimum absolute atomic E-state index is 0.0108. The van der Waals surface area contributed by atoms with Gasteiger partial charge in [0.05, 0.1) is 140 Å². The molecule has 20 heteroatoms. The third-order valence-electron chi connectivity index (χ3n) is 43.6. The normalized spacial score (nSPS) is 48.8. The predicted octanol–water partition coefficient (Wildman–Crippen LogP) is 29.4. The summed E-state index contributed by atoms with van der Waals surface area (Å²) in [4.78, 5) is 0. The molecule has 0 aromatic carbocycles. The summed E-state index contributed by atoms with van der Waals surface area (Å²) in [5, 5.41) is 22.3. The van der Waals surface area contributed by atoms with Crippen LogP contribution in [-0.4, -0.2) is 201 Å². The lowest BCUT2D eigenvalue weighted by atomic mass is 9.73. The number of hydrogen-bond acceptors (Lipinski definition) is 20. The van der Waals surface area contributed by atoms with E-state index in [-0.39, 0.29) is 212 Å². The van der Waals surface area contributed by atoms with Crippen LogP contribution in [0.4, 0.5) is 0 Å². The number of rotatable bonds is 36. The molecule has 2 N–H and O–H groups in total. The van der Waals surface area contributed by atoms with E-state index in [2.05, 4.69) is 346 Å². The fourth-order valence-electron chi connectivity index (χ4n) is 28.3. The first-order valence-corrected chi connectivity index (χ1v) is 62.1. The van der Waals surface area contributed by atoms with Crippen LogP contribution in [0.15, 0.2) is 0 Å². The second-order valence-electron chi connectivity index (χ2n) is 53.0. The molecule has 0 spiro atoms. The zero-order valence-electron chi connectivity index (χ0n) is 104. The monoisotopic (exact) mass is 2090 g/mol. The van der Waals surface area contributed by atoms with Gasteiger partial charge in [0, 0.05) is 82.9 Å². The highest BCUT2D eigenvalue weighted by molar-refractivity contribution is 5.02. The summed E-state index contributed by atoms with van der Waals surface area (Å²) in [5.41, 5.74) is 0. The summed E-state index contributed by atoms with van der Waals surface area (Å²) in [7, 11) is 0. The van der Waals surface area contributed by atoms with Crippen LogP contribution < -0.4 is 0 Å². The minimum Gasteiger partial charge on any atom is -0.392 e. The zero-order chi connectivity index (χ0) is 111. The molecule has 0 saturated carbocycles. The van der Waals surface area contributed by atoms with Crippen molar-refractivity contribution in [2.24, 2.45) is 207 Å². The Morgan fingerprint density at radius 3 is 0.667 bits per heavy atom. The van der Waals surface area contributed by atoms with Gasteiger partial charge < -0.3 is 95.5 Å². The molecule has 11 aliphatic rings. The molecule has 66 atom stereocenters. The van der Waals surface area contributed by atoms with Gasteiger partial charge in [0.15, 0.2) is 44.0 Å². The first kappa shape index (κ1) is 131. The minimum atomic E-state index is -0.559. The lowest BCUT2D eigenvalue weighted by Gasteiger charge is -2.53. The Morgan fingerprint density at radius 1 is 0.156 bits per heavy atom. The van der Waals surface area contributed by atoms with Gasteiger partial charge in [-0.3, -0.25) is 0 Å². The highest BCUT2D eigenvalue weighted by Crippen LogP contribution is 2.53. The molecule has 0 aliphatic carbocycles. The highest BCUT2D eigenvalue weighted by Gasteiger charge is 2.59. The summed E-state index contributed by atoms with van der Waals surface area (Å²) >= 11 is 0. The lowest BCUT2D eigenvalue weighted by molar-refractivity contribution is -0.370. The van der Waals surface area contributed by atoms with E-state index in [0.29, 0.717) is 142 Å². The summed E-state index contributed by atoms with van der Waals surface area (Å²) in [5.74, 6) is 11.4. The standard InChI is InChI=1S/C56H104O10.C35H66O5.C23H44O4.C13H26O/c1-22-27(6)45-33(12)35(14)50(42(21)58-45)64-56-52(36(15)34(13)46(62-56)28(7)23-2)66-53-37(16)31(10)32(11)51(65-53)43(26-5)59-55-41(20)49(40(19)48(61-55)30(9)25-4)63-54-39(18)44(57)38(17)47(60-54)29(8)24-3;1-15-18(4)29-22(8)21(7)23(9)34(37-29)40-33-26(12)31(20(6)17-3)38-35(27(33)13)39-32-24(10)28(14)36-30(25(32)11)19(5)16-2;1-10-12(3)20-15(6)19(24)16(7)23(26-20)27-22-14(5)18(9)25-21(17(22)8)13(4)11-2;1-7-8(2)13-11(5)9(3)10(4)12(6)14-13/h27-57H,22-26H2,1-21H3;18-35H,15-17H2,1-14H3;12-24H,10-11H2,1-9H3;8-13H,7H2,1-6H3/t27-,28-,29-,30-,31+,32+,33+,34+,35+,36+,37?,38+,39?,40-,41?,42-,43-,44?,45?,46?,47+,48?,49+,50?,51?,52?,53-,54-,55+,56-;18-,19-,20-,21+,22+,23?,24?,25-,26-,27?,28?,29?,30?,31+,32-,33?,34-,35-;12-,13-,14?,15+,16?,17-,18?,19?,20+,21?,22-,23-;8-,9-,10?,11+,12?,13?/m1111/s1. The fourth-order valence-corrected chi connectivity index (χ4v) is 28.3. The van der Waals surface area contributed by atoms with Crippen LogP contribution in [0.2, 0.25) is 0 Å². The van der Waals surface area contributed by atoms with Crippen LogP contribution in [0, 0.1) is 207 Å². The van der Waals surface area contributed by atoms with Crippen molar-refractivity contribution in [3.8, 4) is 0 Å². The Bertz CT molecular complexity index is 3640. The van der Waals surface area contributed by atoms with E-state index in [1.54, 1.807) is 0 Å². The number of hydrogen-bond donors (Lipinski definition) is 2. The van der Waals surface area contributed by atoms with Crippen LogP contribution in [0.25, 0.3) is 0 Å². The fraction of sp³-hybridized carbons (Fsp3) is 1.00. The number of aliphatic hydroxyl groups excluding tert-OH is 2. The molecule has 11 saturated heterocycles. The Labute approximate surface area is 904 Å². The number of aliphatic hydroxyl groups is 2. The van der Waals surface area contributed by atoms with Crippen molar-refractivity contribution in [1.82, 2.24) is 0 Å². The van der Waals surface area contributed by atoms with Gasteiger partial charge in [-0.1, -0.05) is 383 Å². The third-order valence-corrected chi connectivity index (χ3v) is 43.6. The lowest BCUT2D eigenvalue weighted by Crippen LogP contribution is -2.60. The van der Waals surface area contributed by atoms with Crippen molar-refractivity contribution in [2.75, 3.05) is 0 Å². The molecule has 0 radical (unpaired) electrons. The molecule has 11 fully saturated rings. The first-order chi connectivity index (χ1) is 69.0. The van der Waals surface area contributed by atoms with E-state index in [9.17, 15) is 10.2 Å². The largest absolute Gasteiger partial charge is 0.392 e. The number of ether oxygens (including phenoxy) is 18. The first-order valence-electron chi connectivity index (χ1n) is 62.1. The molecule has 25 unspecified atom stereocenters. The van der Waals surface area contributed by atoms with E-state index in [1.165, 1.54) is 6.42 Å². The molecule has 0 aromatic heterocycles. The average Bonchev–Trinajstić information content (AvgIpc) is 0.758. The van der Waals surface area contributed by atoms with Crippen molar-refractivity contribution >= 4 is 0 Å². The molecule has 147 heavy (non-hydrogen) atoms. The Morgan fingerprint density at radius 2 is 0.354 bits per heavy atom. The predicted molar refractivity (Wildman–Crippen MR) is 598 cm³/mol. The van der Waals surface area contributed by atoms with Gasteiger partial charge in [0.2, 0.25) is 0 Å². The van der Waals surface area contributed by atoms with Gasteiger partial charge in [-0.2, -0.15) is 0 Å². The molecule has 868 valence electrons. The highest BCUT2D eigenvalue weighted by atomic mass is 16.8. The summed E-state index contributed by atoms with van der Waals surface area (Å²) < 4.78 is 124. The van der Waals surface area contributed by atoms with E-state index in [0.717, 1.165) is 70.1 Å². The van der Waals surface area contributed by atoms with E-state index in [4.69, 9.17) is 85.3 Å². The molecule has 11 aliphatic heterocycles. The molecule has 0 bridgehead atoms. The van der Waals surface area contributed by atoms with E-state index < -0.39 is 37.4 Å². The SMILES string of the molecule is CC[C@@H](C)C1OC(C)C(C)[C@@H](C)[C@@H]1C.CC[C@@H](C)C1OC(C)C(C)[C@@H](O[C@H]2O[C@@H]([C@H](C)CC)[C@@H](C)C(O)C2C)[C@@H]1C.CC[C@@H](C)C1O[C@H](OC2C(C)[C@@H](O[C@@H]3C(C)C(C)OC([C@H](C)CC)[C@H]3C)O[C@@H]([C@H](C)CC)[C@H]2C)C(C)[C@@H](C)[C@@H]1C.CC[C@@H](C)C1O[C@H](OC2[C@@H](C)[C@H](C)C([C@H](C)CC)O[C@@H]2C)C(O[C@H]2OC([C@@H](CC)O[C@H]3OC([C@H](C)CC)[C@@H](C)[C@H](O[C@H]4O[C@@H]([C@H](C)CC)[C@@H](C)C(O)C4C)C3C)[C@@H](C)[C@H](C)C2C)[C@@H](C)[C@@H]1C. The topological polar surface area (TPSA) is 207 Å². The van der Waals surface area contributed by atoms with Crippen LogP contribution >= 0.6 is 0 Å². The Balaban J connectivity index is 0.000000273. The van der Waals surface area contributed by atoms with Crippen molar-refractivity contribution in [2.45, 2.75) is 607 Å².